The van der Waals surface area contributed by atoms with Gasteiger partial charge in [-0.25, -0.2) is 4.79 Å². The van der Waals surface area contributed by atoms with Crippen LogP contribution in [0.1, 0.15) is 21.5 Å². The standard InChI is InChI=1S/C23H16N2O3/c26-22-20(14-16-8-3-1-4-9-16)21(17-10-5-2-6-11-17)24-25(22)19-13-7-12-18(15-19)23(27)28/h1-15H,(H,27,28)/b20-14-. The number of carboxylic acids is 1. The molecule has 4 rings (SSSR count). The third-order valence-electron chi connectivity index (χ3n) is 4.37. The quantitative estimate of drug-likeness (QED) is 0.701. The van der Waals surface area contributed by atoms with E-state index in [1.54, 1.807) is 18.2 Å². The molecule has 0 radical (unpaired) electrons. The van der Waals surface area contributed by atoms with E-state index < -0.39 is 5.97 Å². The molecule has 0 saturated carbocycles. The van der Waals surface area contributed by atoms with Gasteiger partial charge in [0.15, 0.2) is 0 Å². The van der Waals surface area contributed by atoms with Crippen molar-refractivity contribution in [2.75, 3.05) is 5.01 Å². The van der Waals surface area contributed by atoms with Gasteiger partial charge in [-0.15, -0.1) is 0 Å². The molecule has 0 bridgehead atoms. The molecule has 1 aliphatic heterocycles. The van der Waals surface area contributed by atoms with E-state index >= 15 is 0 Å². The van der Waals surface area contributed by atoms with Gasteiger partial charge in [0, 0.05) is 5.56 Å². The van der Waals surface area contributed by atoms with Gasteiger partial charge in [-0.05, 0) is 29.8 Å². The predicted molar refractivity (Wildman–Crippen MR) is 108 cm³/mol. The van der Waals surface area contributed by atoms with E-state index in [-0.39, 0.29) is 11.5 Å². The molecule has 0 aliphatic carbocycles. The van der Waals surface area contributed by atoms with E-state index in [1.807, 2.05) is 60.7 Å². The number of amides is 1. The number of benzene rings is 3. The van der Waals surface area contributed by atoms with E-state index in [1.165, 1.54) is 17.1 Å². The molecule has 3 aromatic carbocycles. The third-order valence-corrected chi connectivity index (χ3v) is 4.37. The second kappa shape index (κ2) is 7.32. The molecule has 28 heavy (non-hydrogen) atoms. The first-order valence-corrected chi connectivity index (χ1v) is 8.72. The first-order valence-electron chi connectivity index (χ1n) is 8.72. The zero-order valence-corrected chi connectivity index (χ0v) is 14.8. The summed E-state index contributed by atoms with van der Waals surface area (Å²) in [5, 5.41) is 15.0. The molecule has 0 spiro atoms. The number of anilines is 1. The topological polar surface area (TPSA) is 70.0 Å². The van der Waals surface area contributed by atoms with Gasteiger partial charge in [0.05, 0.1) is 16.8 Å². The number of rotatable bonds is 4. The summed E-state index contributed by atoms with van der Waals surface area (Å²) in [6, 6.07) is 25.2. The van der Waals surface area contributed by atoms with Crippen molar-refractivity contribution in [1.29, 1.82) is 0 Å². The average Bonchev–Trinajstić information content (AvgIpc) is 3.06. The lowest BCUT2D eigenvalue weighted by Crippen LogP contribution is -2.21. The van der Waals surface area contributed by atoms with Gasteiger partial charge in [0.2, 0.25) is 0 Å². The molecular weight excluding hydrogens is 352 g/mol. The number of carbonyl (C=O) groups is 2. The summed E-state index contributed by atoms with van der Waals surface area (Å²) in [5.41, 5.74) is 3.22. The predicted octanol–water partition coefficient (Wildman–Crippen LogP) is 4.22. The molecule has 136 valence electrons. The Morgan fingerprint density at radius 3 is 2.25 bits per heavy atom. The van der Waals surface area contributed by atoms with Gasteiger partial charge < -0.3 is 5.11 Å². The van der Waals surface area contributed by atoms with Gasteiger partial charge in [0.1, 0.15) is 5.71 Å². The second-order valence-corrected chi connectivity index (χ2v) is 6.26. The molecule has 1 heterocycles. The number of nitrogens with zero attached hydrogens (tertiary/aromatic N) is 2. The molecule has 5 heteroatoms. The Morgan fingerprint density at radius 2 is 1.57 bits per heavy atom. The van der Waals surface area contributed by atoms with E-state index in [9.17, 15) is 14.7 Å². The molecular formula is C23H16N2O3. The van der Waals surface area contributed by atoms with Crippen LogP contribution in [-0.4, -0.2) is 22.7 Å². The highest BCUT2D eigenvalue weighted by Gasteiger charge is 2.32. The lowest BCUT2D eigenvalue weighted by molar-refractivity contribution is -0.114. The molecule has 0 atom stereocenters. The summed E-state index contributed by atoms with van der Waals surface area (Å²) in [7, 11) is 0. The van der Waals surface area contributed by atoms with Crippen molar-refractivity contribution in [3.05, 3.63) is 107 Å². The maximum absolute atomic E-state index is 13.2. The fourth-order valence-corrected chi connectivity index (χ4v) is 3.02. The summed E-state index contributed by atoms with van der Waals surface area (Å²) in [4.78, 5) is 24.5. The summed E-state index contributed by atoms with van der Waals surface area (Å²) < 4.78 is 0. The van der Waals surface area contributed by atoms with Crippen molar-refractivity contribution in [2.24, 2.45) is 5.10 Å². The Hall–Kier alpha value is -3.99. The van der Waals surface area contributed by atoms with Crippen LogP contribution in [0.3, 0.4) is 0 Å². The van der Waals surface area contributed by atoms with Crippen LogP contribution in [0.25, 0.3) is 6.08 Å². The Balaban J connectivity index is 1.83. The molecule has 1 amide bonds. The highest BCUT2D eigenvalue weighted by atomic mass is 16.4. The summed E-state index contributed by atoms with van der Waals surface area (Å²) >= 11 is 0. The Labute approximate surface area is 161 Å². The van der Waals surface area contributed by atoms with Crippen molar-refractivity contribution < 1.29 is 14.7 Å². The molecule has 3 aromatic rings. The lowest BCUT2D eigenvalue weighted by atomic mass is 10.0. The van der Waals surface area contributed by atoms with Gasteiger partial charge in [-0.1, -0.05) is 66.7 Å². The first kappa shape index (κ1) is 17.4. The van der Waals surface area contributed by atoms with E-state index in [2.05, 4.69) is 5.10 Å². The lowest BCUT2D eigenvalue weighted by Gasteiger charge is -2.12. The van der Waals surface area contributed by atoms with Gasteiger partial charge in [0.25, 0.3) is 5.91 Å². The Morgan fingerprint density at radius 1 is 0.893 bits per heavy atom. The zero-order chi connectivity index (χ0) is 19.5. The van der Waals surface area contributed by atoms with Crippen LogP contribution >= 0.6 is 0 Å². The summed E-state index contributed by atoms with van der Waals surface area (Å²) in [5.74, 6) is -1.36. The minimum absolute atomic E-state index is 0.0993. The molecule has 5 nitrogen and oxygen atoms in total. The van der Waals surface area contributed by atoms with Crippen LogP contribution in [0, 0.1) is 0 Å². The smallest absolute Gasteiger partial charge is 0.335 e. The number of carboxylic acid groups (broad SMARTS) is 1. The van der Waals surface area contributed by atoms with E-state index in [0.717, 1.165) is 11.1 Å². The number of hydrogen-bond acceptors (Lipinski definition) is 3. The monoisotopic (exact) mass is 368 g/mol. The van der Waals surface area contributed by atoms with Crippen LogP contribution in [0.2, 0.25) is 0 Å². The number of carbonyl (C=O) groups excluding carboxylic acids is 1. The summed E-state index contributed by atoms with van der Waals surface area (Å²) in [6.07, 6.45) is 1.80. The molecule has 1 aliphatic rings. The molecule has 1 N–H and O–H groups in total. The Bertz CT molecular complexity index is 1100. The van der Waals surface area contributed by atoms with Crippen LogP contribution in [0.4, 0.5) is 5.69 Å². The molecule has 0 unspecified atom stereocenters. The summed E-state index contributed by atoms with van der Waals surface area (Å²) in [6.45, 7) is 0. The molecule has 0 fully saturated rings. The largest absolute Gasteiger partial charge is 0.478 e. The average molecular weight is 368 g/mol. The van der Waals surface area contributed by atoms with Crippen LogP contribution in [0.15, 0.2) is 95.6 Å². The van der Waals surface area contributed by atoms with Crippen molar-refractivity contribution >= 4 is 29.4 Å². The number of hydrogen-bond donors (Lipinski definition) is 1. The third kappa shape index (κ3) is 3.33. The number of aromatic carboxylic acids is 1. The van der Waals surface area contributed by atoms with Crippen LogP contribution in [0.5, 0.6) is 0 Å². The van der Waals surface area contributed by atoms with Crippen LogP contribution < -0.4 is 5.01 Å². The second-order valence-electron chi connectivity index (χ2n) is 6.26. The minimum atomic E-state index is -1.05. The first-order chi connectivity index (χ1) is 13.6. The SMILES string of the molecule is O=C(O)c1cccc(N2N=C(c3ccccc3)/C(=C/c3ccccc3)C2=O)c1. The van der Waals surface area contributed by atoms with E-state index in [0.29, 0.717) is 17.0 Å². The Kier molecular flexibility index (Phi) is 4.56. The fraction of sp³-hybridized carbons (Fsp3) is 0. The fourth-order valence-electron chi connectivity index (χ4n) is 3.02. The highest BCUT2D eigenvalue weighted by molar-refractivity contribution is 6.37. The van der Waals surface area contributed by atoms with Gasteiger partial charge in [-0.2, -0.15) is 10.1 Å². The van der Waals surface area contributed by atoms with Crippen molar-refractivity contribution in [3.8, 4) is 0 Å². The minimum Gasteiger partial charge on any atom is -0.478 e. The maximum atomic E-state index is 13.2. The van der Waals surface area contributed by atoms with E-state index in [4.69, 9.17) is 0 Å². The molecule has 0 saturated heterocycles. The van der Waals surface area contributed by atoms with Crippen LogP contribution in [-0.2, 0) is 4.79 Å². The van der Waals surface area contributed by atoms with Crippen molar-refractivity contribution in [3.63, 3.8) is 0 Å². The normalized spacial score (nSPS) is 15.0. The zero-order valence-electron chi connectivity index (χ0n) is 14.8. The number of hydrazone groups is 1. The highest BCUT2D eigenvalue weighted by Crippen LogP contribution is 2.28. The van der Waals surface area contributed by atoms with Crippen molar-refractivity contribution in [1.82, 2.24) is 0 Å². The van der Waals surface area contributed by atoms with Gasteiger partial charge >= 0.3 is 5.97 Å². The maximum Gasteiger partial charge on any atom is 0.335 e. The molecule has 0 aromatic heterocycles. The van der Waals surface area contributed by atoms with Gasteiger partial charge in [-0.3, -0.25) is 4.79 Å². The van der Waals surface area contributed by atoms with Crippen molar-refractivity contribution in [2.45, 2.75) is 0 Å².